The fraction of sp³-hybridized carbons (Fsp3) is 0. The highest BCUT2D eigenvalue weighted by Crippen LogP contribution is 2.35. The first-order chi connectivity index (χ1) is 25.9. The Balaban J connectivity index is 1.15. The second-order valence-electron chi connectivity index (χ2n) is 11.9. The lowest BCUT2D eigenvalue weighted by atomic mass is 10.1. The van der Waals surface area contributed by atoms with Crippen LogP contribution in [0, 0.1) is 0 Å². The Hall–Kier alpha value is -5.56. The summed E-state index contributed by atoms with van der Waals surface area (Å²) in [5, 5.41) is 16.0. The van der Waals surface area contributed by atoms with Crippen molar-refractivity contribution in [1.29, 1.82) is 0 Å². The Morgan fingerprint density at radius 1 is 0.302 bits per heavy atom. The normalized spacial score (nSPS) is 11.2. The van der Waals surface area contributed by atoms with Crippen LogP contribution in [0.3, 0.4) is 0 Å². The Morgan fingerprint density at radius 3 is 0.868 bits per heavy atom. The molecule has 0 aliphatic rings. The zero-order chi connectivity index (χ0) is 36.6. The van der Waals surface area contributed by atoms with Crippen molar-refractivity contribution in [2.24, 2.45) is 10.2 Å². The van der Waals surface area contributed by atoms with Crippen molar-refractivity contribution in [2.75, 3.05) is 14.9 Å². The first-order valence-corrected chi connectivity index (χ1v) is 18.2. The number of benzene rings is 7. The van der Waals surface area contributed by atoms with Gasteiger partial charge in [0.2, 0.25) is 0 Å². The van der Waals surface area contributed by atoms with Gasteiger partial charge in [-0.05, 0) is 145 Å². The van der Waals surface area contributed by atoms with Gasteiger partial charge in [-0.15, -0.1) is 0 Å². The molecule has 0 amide bonds. The summed E-state index contributed by atoms with van der Waals surface area (Å²) < 4.78 is 0. The van der Waals surface area contributed by atoms with Gasteiger partial charge >= 0.3 is 0 Å². The summed E-state index contributed by atoms with van der Waals surface area (Å²) in [4.78, 5) is 2.21. The minimum absolute atomic E-state index is 0.657. The molecule has 0 saturated heterocycles. The fourth-order valence-electron chi connectivity index (χ4n) is 5.59. The van der Waals surface area contributed by atoms with E-state index in [1.807, 2.05) is 138 Å². The maximum absolute atomic E-state index is 6.18. The molecular formula is C44H31Cl4N5. The van der Waals surface area contributed by atoms with E-state index < -0.39 is 0 Å². The summed E-state index contributed by atoms with van der Waals surface area (Å²) in [6, 6.07) is 57.1. The van der Waals surface area contributed by atoms with Gasteiger partial charge in [0.1, 0.15) is 0 Å². The summed E-state index contributed by atoms with van der Waals surface area (Å²) >= 11 is 24.7. The molecule has 0 bridgehead atoms. The molecule has 0 N–H and O–H groups in total. The lowest BCUT2D eigenvalue weighted by Crippen LogP contribution is -2.11. The van der Waals surface area contributed by atoms with Crippen LogP contribution >= 0.6 is 46.4 Å². The Labute approximate surface area is 329 Å². The number of para-hydroxylation sites is 1. The molecule has 9 heteroatoms. The quantitative estimate of drug-likeness (QED) is 0.0970. The second kappa shape index (κ2) is 16.8. The van der Waals surface area contributed by atoms with E-state index >= 15 is 0 Å². The number of hydrogen-bond donors (Lipinski definition) is 0. The molecule has 0 radical (unpaired) electrons. The lowest BCUT2D eigenvalue weighted by molar-refractivity contribution is 1.09. The maximum Gasteiger partial charge on any atom is 0.0653 e. The number of hydrogen-bond acceptors (Lipinski definition) is 5. The monoisotopic (exact) mass is 769 g/mol. The standard InChI is InChI=1S/C44H31Cl4N5/c45-34-10-22-41(23-11-34)52(42-24-12-35(46)13-25-42)49-30-32-6-18-39(19-7-32)51(38-4-2-1-3-5-38)40-20-8-33(9-21-40)31-50-53(43-26-14-36(47)15-27-43)44-28-16-37(48)17-29-44/h1-31H. The van der Waals surface area contributed by atoms with E-state index in [9.17, 15) is 0 Å². The van der Waals surface area contributed by atoms with Crippen LogP contribution < -0.4 is 14.9 Å². The van der Waals surface area contributed by atoms with Crippen molar-refractivity contribution < 1.29 is 0 Å². The third kappa shape index (κ3) is 9.09. The van der Waals surface area contributed by atoms with Crippen LogP contribution in [0.5, 0.6) is 0 Å². The van der Waals surface area contributed by atoms with Crippen molar-refractivity contribution in [2.45, 2.75) is 0 Å². The van der Waals surface area contributed by atoms with E-state index in [4.69, 9.17) is 56.6 Å². The molecule has 260 valence electrons. The third-order valence-electron chi connectivity index (χ3n) is 8.25. The van der Waals surface area contributed by atoms with Gasteiger partial charge in [-0.25, -0.2) is 10.0 Å². The predicted molar refractivity (Wildman–Crippen MR) is 226 cm³/mol. The van der Waals surface area contributed by atoms with Crippen LogP contribution in [0.2, 0.25) is 20.1 Å². The molecular weight excluding hydrogens is 740 g/mol. The highest BCUT2D eigenvalue weighted by atomic mass is 35.5. The zero-order valence-electron chi connectivity index (χ0n) is 28.1. The average Bonchev–Trinajstić information content (AvgIpc) is 3.19. The molecule has 7 aromatic rings. The van der Waals surface area contributed by atoms with Crippen molar-refractivity contribution in [3.05, 3.63) is 207 Å². The number of halogens is 4. The number of nitrogens with zero attached hydrogens (tertiary/aromatic N) is 5. The number of rotatable bonds is 11. The summed E-state index contributed by atoms with van der Waals surface area (Å²) in [6.07, 6.45) is 3.68. The number of anilines is 7. The molecule has 0 fully saturated rings. The van der Waals surface area contributed by atoms with Gasteiger partial charge in [-0.1, -0.05) is 88.9 Å². The molecule has 0 heterocycles. The van der Waals surface area contributed by atoms with E-state index in [2.05, 4.69) is 65.6 Å². The Kier molecular flexibility index (Phi) is 11.4. The molecule has 0 unspecified atom stereocenters. The van der Waals surface area contributed by atoms with Crippen molar-refractivity contribution >= 4 is 98.6 Å². The molecule has 0 aromatic heterocycles. The van der Waals surface area contributed by atoms with Gasteiger partial charge in [-0.3, -0.25) is 0 Å². The summed E-state index contributed by atoms with van der Waals surface area (Å²) in [5.74, 6) is 0. The van der Waals surface area contributed by atoms with Crippen molar-refractivity contribution in [3.63, 3.8) is 0 Å². The molecule has 0 aliphatic heterocycles. The first kappa shape index (κ1) is 35.8. The van der Waals surface area contributed by atoms with E-state index in [0.717, 1.165) is 50.9 Å². The van der Waals surface area contributed by atoms with Gasteiger partial charge in [0, 0.05) is 37.2 Å². The van der Waals surface area contributed by atoms with E-state index in [-0.39, 0.29) is 0 Å². The van der Waals surface area contributed by atoms with Crippen LogP contribution in [0.4, 0.5) is 39.8 Å². The SMILES string of the molecule is Clc1ccc(N(N=Cc2ccc(N(c3ccccc3)c3ccc(C=NN(c4ccc(Cl)cc4)c4ccc(Cl)cc4)cc3)cc2)c2ccc(Cl)cc2)cc1. The topological polar surface area (TPSA) is 34.4 Å². The first-order valence-electron chi connectivity index (χ1n) is 16.7. The highest BCUT2D eigenvalue weighted by Gasteiger charge is 2.14. The Morgan fingerprint density at radius 2 is 0.566 bits per heavy atom. The molecule has 7 rings (SSSR count). The van der Waals surface area contributed by atoms with Crippen LogP contribution in [-0.2, 0) is 0 Å². The van der Waals surface area contributed by atoms with Crippen LogP contribution in [0.1, 0.15) is 11.1 Å². The van der Waals surface area contributed by atoms with Crippen molar-refractivity contribution in [3.8, 4) is 0 Å². The molecule has 0 spiro atoms. The van der Waals surface area contributed by atoms with Gasteiger partial charge in [0.05, 0.1) is 35.2 Å². The van der Waals surface area contributed by atoms with Crippen molar-refractivity contribution in [1.82, 2.24) is 0 Å². The van der Waals surface area contributed by atoms with E-state index in [1.54, 1.807) is 0 Å². The Bertz CT molecular complexity index is 2060. The summed E-state index contributed by atoms with van der Waals surface area (Å²) in [7, 11) is 0. The molecule has 0 aliphatic carbocycles. The predicted octanol–water partition coefficient (Wildman–Crippen LogP) is 14.1. The lowest BCUT2D eigenvalue weighted by Gasteiger charge is -2.25. The minimum Gasteiger partial charge on any atom is -0.311 e. The molecule has 7 aromatic carbocycles. The van der Waals surface area contributed by atoms with Crippen LogP contribution in [0.25, 0.3) is 0 Å². The summed E-state index contributed by atoms with van der Waals surface area (Å²) in [5.41, 5.74) is 8.39. The smallest absolute Gasteiger partial charge is 0.0653 e. The molecule has 0 atom stereocenters. The van der Waals surface area contributed by atoms with E-state index in [0.29, 0.717) is 20.1 Å². The molecule has 5 nitrogen and oxygen atoms in total. The van der Waals surface area contributed by atoms with Gasteiger partial charge in [0.15, 0.2) is 0 Å². The molecule has 0 saturated carbocycles. The zero-order valence-corrected chi connectivity index (χ0v) is 31.2. The third-order valence-corrected chi connectivity index (χ3v) is 9.25. The van der Waals surface area contributed by atoms with Crippen LogP contribution in [-0.4, -0.2) is 12.4 Å². The van der Waals surface area contributed by atoms with Gasteiger partial charge in [0.25, 0.3) is 0 Å². The second-order valence-corrected chi connectivity index (χ2v) is 13.6. The largest absolute Gasteiger partial charge is 0.311 e. The fourth-order valence-corrected chi connectivity index (χ4v) is 6.09. The van der Waals surface area contributed by atoms with Gasteiger partial charge in [-0.2, -0.15) is 10.2 Å². The number of hydrazone groups is 2. The van der Waals surface area contributed by atoms with Crippen LogP contribution in [0.15, 0.2) is 186 Å². The maximum atomic E-state index is 6.18. The molecule has 53 heavy (non-hydrogen) atoms. The average molecular weight is 772 g/mol. The minimum atomic E-state index is 0.657. The van der Waals surface area contributed by atoms with Gasteiger partial charge < -0.3 is 4.90 Å². The summed E-state index contributed by atoms with van der Waals surface area (Å²) in [6.45, 7) is 0. The van der Waals surface area contributed by atoms with E-state index in [1.165, 1.54) is 0 Å². The highest BCUT2D eigenvalue weighted by molar-refractivity contribution is 6.31.